The third-order valence-corrected chi connectivity index (χ3v) is 4.35. The summed E-state index contributed by atoms with van der Waals surface area (Å²) in [5.41, 5.74) is 0.803. The Morgan fingerprint density at radius 2 is 2.32 bits per heavy atom. The fourth-order valence-electron chi connectivity index (χ4n) is 2.15. The first-order valence-electron chi connectivity index (χ1n) is 7.12. The summed E-state index contributed by atoms with van der Waals surface area (Å²) in [6, 6.07) is 7.00. The Morgan fingerprint density at radius 1 is 1.48 bits per heavy atom. The Bertz CT molecular complexity index is 910. The van der Waals surface area contributed by atoms with E-state index in [2.05, 4.69) is 10.9 Å². The third-order valence-electron chi connectivity index (χ3n) is 3.21. The molecule has 25 heavy (non-hydrogen) atoms. The van der Waals surface area contributed by atoms with E-state index >= 15 is 0 Å². The van der Waals surface area contributed by atoms with Gasteiger partial charge in [-0.25, -0.2) is 9.79 Å². The number of terminal acetylenes is 1. The van der Waals surface area contributed by atoms with Crippen molar-refractivity contribution in [1.29, 1.82) is 0 Å². The van der Waals surface area contributed by atoms with Crippen molar-refractivity contribution in [3.63, 3.8) is 0 Å². The molecule has 0 radical (unpaired) electrons. The zero-order valence-electron chi connectivity index (χ0n) is 13.1. The highest BCUT2D eigenvalue weighted by Crippen LogP contribution is 2.37. The number of hydrogen-bond acceptors (Lipinski definition) is 6. The molecule has 0 saturated heterocycles. The number of halogens is 1. The van der Waals surface area contributed by atoms with Crippen LogP contribution >= 0.6 is 22.9 Å². The largest absolute Gasteiger partial charge is 0.493 e. The summed E-state index contributed by atoms with van der Waals surface area (Å²) >= 11 is 7.67. The number of aliphatic imine (C=N–C) groups is 1. The quantitative estimate of drug-likeness (QED) is 0.455. The summed E-state index contributed by atoms with van der Waals surface area (Å²) in [7, 11) is 1.49. The number of carbonyl (C=O) groups is 1. The minimum atomic E-state index is -0.522. The summed E-state index contributed by atoms with van der Waals surface area (Å²) in [5.74, 6) is 2.89. The molecule has 0 amide bonds. The predicted molar refractivity (Wildman–Crippen MR) is 97.3 cm³/mol. The molecule has 1 aromatic carbocycles. The average molecular weight is 374 g/mol. The monoisotopic (exact) mass is 373 g/mol. The molecule has 0 bridgehead atoms. The summed E-state index contributed by atoms with van der Waals surface area (Å²) in [4.78, 5) is 17.0. The van der Waals surface area contributed by atoms with Gasteiger partial charge in [0.1, 0.15) is 6.61 Å². The normalized spacial score (nSPS) is 14.8. The van der Waals surface area contributed by atoms with Gasteiger partial charge in [-0.05, 0) is 35.2 Å². The molecule has 5 nitrogen and oxygen atoms in total. The lowest BCUT2D eigenvalue weighted by molar-refractivity contribution is -0.129. The number of esters is 1. The second-order valence-corrected chi connectivity index (χ2v) is 6.20. The molecule has 0 fully saturated rings. The second-order valence-electron chi connectivity index (χ2n) is 4.84. The van der Waals surface area contributed by atoms with Gasteiger partial charge in [-0.1, -0.05) is 23.6 Å². The van der Waals surface area contributed by atoms with Crippen molar-refractivity contribution < 1.29 is 19.0 Å². The van der Waals surface area contributed by atoms with E-state index in [0.717, 1.165) is 4.88 Å². The highest BCUT2D eigenvalue weighted by Gasteiger charge is 2.25. The molecule has 1 aliphatic rings. The van der Waals surface area contributed by atoms with Crippen molar-refractivity contribution in [2.24, 2.45) is 4.99 Å². The first-order valence-corrected chi connectivity index (χ1v) is 8.38. The lowest BCUT2D eigenvalue weighted by Gasteiger charge is -2.11. The second kappa shape index (κ2) is 7.43. The molecule has 0 atom stereocenters. The Labute approximate surface area is 153 Å². The lowest BCUT2D eigenvalue weighted by atomic mass is 10.1. The van der Waals surface area contributed by atoms with Crippen LogP contribution in [0.2, 0.25) is 5.02 Å². The van der Waals surface area contributed by atoms with Crippen LogP contribution in [0.4, 0.5) is 0 Å². The first kappa shape index (κ1) is 17.1. The van der Waals surface area contributed by atoms with Crippen molar-refractivity contribution in [2.75, 3.05) is 13.7 Å². The molecular weight excluding hydrogens is 362 g/mol. The smallest absolute Gasteiger partial charge is 0.363 e. The maximum absolute atomic E-state index is 12.0. The van der Waals surface area contributed by atoms with Crippen LogP contribution in [0.15, 0.2) is 40.3 Å². The van der Waals surface area contributed by atoms with E-state index in [1.54, 1.807) is 18.2 Å². The van der Waals surface area contributed by atoms with Gasteiger partial charge in [-0.15, -0.1) is 17.8 Å². The van der Waals surface area contributed by atoms with Gasteiger partial charge in [0, 0.05) is 0 Å². The van der Waals surface area contributed by atoms with Crippen LogP contribution in [0.5, 0.6) is 11.5 Å². The summed E-state index contributed by atoms with van der Waals surface area (Å²) in [6.07, 6.45) is 6.76. The van der Waals surface area contributed by atoms with Crippen molar-refractivity contribution in [3.8, 4) is 23.8 Å². The first-order chi connectivity index (χ1) is 12.1. The molecule has 0 unspecified atom stereocenters. The van der Waals surface area contributed by atoms with Crippen LogP contribution in [0.3, 0.4) is 0 Å². The fourth-order valence-corrected chi connectivity index (χ4v) is 3.07. The zero-order valence-corrected chi connectivity index (χ0v) is 14.7. The molecule has 126 valence electrons. The average Bonchev–Trinajstić information content (AvgIpc) is 3.24. The number of benzene rings is 1. The number of cyclic esters (lactones) is 1. The number of ether oxygens (including phenoxy) is 3. The molecule has 1 aromatic heterocycles. The SMILES string of the molecule is C#CCOc1c(Cl)cc(/C=C2\N=C(c3cccs3)OC2=O)cc1OC. The van der Waals surface area contributed by atoms with Crippen LogP contribution in [0.25, 0.3) is 6.08 Å². The van der Waals surface area contributed by atoms with Gasteiger partial charge in [0.25, 0.3) is 0 Å². The molecule has 7 heteroatoms. The molecule has 0 aliphatic carbocycles. The van der Waals surface area contributed by atoms with Gasteiger partial charge >= 0.3 is 5.97 Å². The van der Waals surface area contributed by atoms with E-state index in [4.69, 9.17) is 32.2 Å². The fraction of sp³-hybridized carbons (Fsp3) is 0.111. The van der Waals surface area contributed by atoms with Crippen LogP contribution in [-0.2, 0) is 9.53 Å². The van der Waals surface area contributed by atoms with E-state index in [-0.39, 0.29) is 12.3 Å². The minimum Gasteiger partial charge on any atom is -0.493 e. The van der Waals surface area contributed by atoms with Crippen molar-refractivity contribution in [2.45, 2.75) is 0 Å². The van der Waals surface area contributed by atoms with Crippen molar-refractivity contribution in [1.82, 2.24) is 0 Å². The Kier molecular flexibility index (Phi) is 5.08. The zero-order chi connectivity index (χ0) is 17.8. The van der Waals surface area contributed by atoms with Gasteiger partial charge in [0.15, 0.2) is 17.2 Å². The van der Waals surface area contributed by atoms with Crippen molar-refractivity contribution >= 4 is 40.9 Å². The standard InChI is InChI=1S/C18H12ClNO4S/c1-3-6-23-16-12(19)8-11(10-14(16)22-2)9-13-18(21)24-17(20-13)15-5-4-7-25-15/h1,4-5,7-10H,6H2,2H3/b13-9-. The number of hydrogen-bond donors (Lipinski definition) is 0. The van der Waals surface area contributed by atoms with Crippen LogP contribution in [-0.4, -0.2) is 25.6 Å². The molecule has 0 N–H and O–H groups in total. The Hall–Kier alpha value is -2.75. The molecule has 1 aliphatic heterocycles. The molecule has 0 spiro atoms. The molecule has 2 heterocycles. The Morgan fingerprint density at radius 3 is 3.00 bits per heavy atom. The lowest BCUT2D eigenvalue weighted by Crippen LogP contribution is -2.03. The number of thiophene rings is 1. The predicted octanol–water partition coefficient (Wildman–Crippen LogP) is 3.77. The highest BCUT2D eigenvalue weighted by molar-refractivity contribution is 7.12. The van der Waals surface area contributed by atoms with Crippen molar-refractivity contribution in [3.05, 3.63) is 50.8 Å². The number of carbonyl (C=O) groups excluding carboxylic acids is 1. The van der Waals surface area contributed by atoms with Gasteiger partial charge in [-0.2, -0.15) is 0 Å². The minimum absolute atomic E-state index is 0.0668. The third kappa shape index (κ3) is 3.68. The van der Waals surface area contributed by atoms with Crippen LogP contribution in [0, 0.1) is 12.3 Å². The van der Waals surface area contributed by atoms with E-state index in [1.165, 1.54) is 18.4 Å². The highest BCUT2D eigenvalue weighted by atomic mass is 35.5. The van der Waals surface area contributed by atoms with E-state index in [1.807, 2.05) is 17.5 Å². The molecule has 0 saturated carbocycles. The number of nitrogens with zero attached hydrogens (tertiary/aromatic N) is 1. The maximum atomic E-state index is 12.0. The van der Waals surface area contributed by atoms with E-state index in [9.17, 15) is 4.79 Å². The topological polar surface area (TPSA) is 57.1 Å². The summed E-state index contributed by atoms with van der Waals surface area (Å²) in [6.45, 7) is 0.0668. The molecular formula is C18H12ClNO4S. The summed E-state index contributed by atoms with van der Waals surface area (Å²) < 4.78 is 15.9. The van der Waals surface area contributed by atoms with E-state index < -0.39 is 5.97 Å². The number of methoxy groups -OCH3 is 1. The van der Waals surface area contributed by atoms with Gasteiger partial charge in [-0.3, -0.25) is 0 Å². The molecule has 3 rings (SSSR count). The van der Waals surface area contributed by atoms with Crippen LogP contribution < -0.4 is 9.47 Å². The molecule has 2 aromatic rings. The van der Waals surface area contributed by atoms with E-state index in [0.29, 0.717) is 28.0 Å². The van der Waals surface area contributed by atoms with Gasteiger partial charge in [0.2, 0.25) is 5.90 Å². The maximum Gasteiger partial charge on any atom is 0.363 e. The Balaban J connectivity index is 1.94. The number of rotatable bonds is 5. The van der Waals surface area contributed by atoms with Crippen LogP contribution in [0.1, 0.15) is 10.4 Å². The summed E-state index contributed by atoms with van der Waals surface area (Å²) in [5, 5.41) is 2.20. The van der Waals surface area contributed by atoms with Gasteiger partial charge in [0.05, 0.1) is 17.0 Å². The van der Waals surface area contributed by atoms with Gasteiger partial charge < -0.3 is 14.2 Å².